The molecule has 4 heterocycles. The molecule has 1 saturated heterocycles. The molecule has 8 heteroatoms. The number of hydrogen-bond donors (Lipinski definition) is 1. The van der Waals surface area contributed by atoms with E-state index in [0.29, 0.717) is 11.4 Å². The Labute approximate surface area is 190 Å². The molecule has 4 aromatic rings. The first-order valence-corrected chi connectivity index (χ1v) is 11.4. The lowest BCUT2D eigenvalue weighted by atomic mass is 10.1. The highest BCUT2D eigenvalue weighted by Crippen LogP contribution is 2.28. The minimum atomic E-state index is -0.193. The van der Waals surface area contributed by atoms with Crippen molar-refractivity contribution in [1.29, 1.82) is 0 Å². The van der Waals surface area contributed by atoms with Crippen molar-refractivity contribution in [3.8, 4) is 10.6 Å². The summed E-state index contributed by atoms with van der Waals surface area (Å²) >= 11 is 1.67. The molecule has 5 rings (SSSR count). The van der Waals surface area contributed by atoms with Gasteiger partial charge in [0.1, 0.15) is 16.6 Å². The van der Waals surface area contributed by atoms with Crippen molar-refractivity contribution in [2.75, 3.05) is 43.4 Å². The lowest BCUT2D eigenvalue weighted by molar-refractivity contribution is 0.102. The SMILES string of the molecule is Cc1cnc(-c2ccc3cnc(NC(=O)c4ccnc(N5CCN(C)CC5)c4)cc3c2)s1. The van der Waals surface area contributed by atoms with Crippen LogP contribution in [0.1, 0.15) is 15.2 Å². The summed E-state index contributed by atoms with van der Waals surface area (Å²) in [5.41, 5.74) is 1.63. The van der Waals surface area contributed by atoms with Gasteiger partial charge < -0.3 is 15.1 Å². The third-order valence-corrected chi connectivity index (χ3v) is 6.63. The summed E-state index contributed by atoms with van der Waals surface area (Å²) < 4.78 is 0. The number of hydrogen-bond acceptors (Lipinski definition) is 7. The van der Waals surface area contributed by atoms with Gasteiger partial charge in [-0.1, -0.05) is 12.1 Å². The number of carbonyl (C=O) groups is 1. The Bertz CT molecular complexity index is 1280. The highest BCUT2D eigenvalue weighted by molar-refractivity contribution is 7.14. The molecule has 0 unspecified atom stereocenters. The van der Waals surface area contributed by atoms with Gasteiger partial charge in [0.15, 0.2) is 0 Å². The number of rotatable bonds is 4. The van der Waals surface area contributed by atoms with Gasteiger partial charge in [-0.05, 0) is 43.6 Å². The standard InChI is InChI=1S/C24H24N6OS/c1-16-14-27-24(32-16)18-3-4-19-15-26-21(12-20(19)11-18)28-23(31)17-5-6-25-22(13-17)30-9-7-29(2)8-10-30/h3-6,11-15H,7-10H2,1-2H3,(H,26,28,31). The van der Waals surface area contributed by atoms with Crippen molar-refractivity contribution in [2.45, 2.75) is 6.92 Å². The summed E-state index contributed by atoms with van der Waals surface area (Å²) in [5.74, 6) is 1.16. The van der Waals surface area contributed by atoms with Crippen LogP contribution in [0.25, 0.3) is 21.3 Å². The van der Waals surface area contributed by atoms with Crippen LogP contribution in [-0.2, 0) is 0 Å². The van der Waals surface area contributed by atoms with E-state index in [-0.39, 0.29) is 5.91 Å². The number of pyridine rings is 2. The summed E-state index contributed by atoms with van der Waals surface area (Å²) in [7, 11) is 2.12. The van der Waals surface area contributed by atoms with E-state index >= 15 is 0 Å². The Hall–Kier alpha value is -3.36. The van der Waals surface area contributed by atoms with Gasteiger partial charge in [0, 0.05) is 66.2 Å². The fourth-order valence-corrected chi connectivity index (χ4v) is 4.55. The van der Waals surface area contributed by atoms with E-state index < -0.39 is 0 Å². The minimum absolute atomic E-state index is 0.193. The van der Waals surface area contributed by atoms with Crippen LogP contribution < -0.4 is 10.2 Å². The molecule has 0 atom stereocenters. The second-order valence-corrected chi connectivity index (χ2v) is 9.29. The average molecular weight is 445 g/mol. The van der Waals surface area contributed by atoms with Gasteiger partial charge in [-0.3, -0.25) is 4.79 Å². The maximum absolute atomic E-state index is 12.9. The molecule has 1 amide bonds. The lowest BCUT2D eigenvalue weighted by Crippen LogP contribution is -2.44. The molecule has 1 aromatic carbocycles. The highest BCUT2D eigenvalue weighted by atomic mass is 32.1. The normalized spacial score (nSPS) is 14.6. The fraction of sp³-hybridized carbons (Fsp3) is 0.250. The molecule has 0 spiro atoms. The van der Waals surface area contributed by atoms with Gasteiger partial charge in [-0.15, -0.1) is 11.3 Å². The van der Waals surface area contributed by atoms with Crippen molar-refractivity contribution in [1.82, 2.24) is 19.9 Å². The number of anilines is 2. The van der Waals surface area contributed by atoms with Gasteiger partial charge in [-0.2, -0.15) is 0 Å². The molecular formula is C24H24N6OS. The summed E-state index contributed by atoms with van der Waals surface area (Å²) in [6.07, 6.45) is 5.36. The Morgan fingerprint density at radius 3 is 2.59 bits per heavy atom. The van der Waals surface area contributed by atoms with E-state index in [2.05, 4.69) is 49.2 Å². The zero-order chi connectivity index (χ0) is 22.1. The molecule has 32 heavy (non-hydrogen) atoms. The van der Waals surface area contributed by atoms with Crippen LogP contribution in [0.2, 0.25) is 0 Å². The molecule has 1 aliphatic heterocycles. The number of benzene rings is 1. The van der Waals surface area contributed by atoms with E-state index in [4.69, 9.17) is 0 Å². The number of carbonyl (C=O) groups excluding carboxylic acids is 1. The molecule has 1 aliphatic rings. The van der Waals surface area contributed by atoms with Gasteiger partial charge in [0.05, 0.1) is 0 Å². The molecule has 0 bridgehead atoms. The Kier molecular flexibility index (Phi) is 5.55. The second kappa shape index (κ2) is 8.64. The third kappa shape index (κ3) is 4.32. The van der Waals surface area contributed by atoms with Crippen LogP contribution in [0.5, 0.6) is 0 Å². The summed E-state index contributed by atoms with van der Waals surface area (Å²) in [6, 6.07) is 11.7. The van der Waals surface area contributed by atoms with Crippen molar-refractivity contribution < 1.29 is 4.79 Å². The number of piperazine rings is 1. The first-order chi connectivity index (χ1) is 15.5. The zero-order valence-electron chi connectivity index (χ0n) is 18.1. The van der Waals surface area contributed by atoms with E-state index in [1.807, 2.05) is 31.3 Å². The Morgan fingerprint density at radius 2 is 1.81 bits per heavy atom. The first kappa shape index (κ1) is 20.5. The van der Waals surface area contributed by atoms with E-state index in [0.717, 1.165) is 53.3 Å². The quantitative estimate of drug-likeness (QED) is 0.512. The lowest BCUT2D eigenvalue weighted by Gasteiger charge is -2.33. The number of aryl methyl sites for hydroxylation is 1. The van der Waals surface area contributed by atoms with Crippen LogP contribution in [0.15, 0.2) is 55.0 Å². The summed E-state index contributed by atoms with van der Waals surface area (Å²) in [5, 5.41) is 5.94. The molecule has 1 fully saturated rings. The average Bonchev–Trinajstić information content (AvgIpc) is 3.25. The van der Waals surface area contributed by atoms with Crippen LogP contribution in [0.4, 0.5) is 11.6 Å². The molecule has 162 valence electrons. The number of amides is 1. The summed E-state index contributed by atoms with van der Waals surface area (Å²) in [4.78, 5) is 32.0. The van der Waals surface area contributed by atoms with Crippen LogP contribution in [0, 0.1) is 6.92 Å². The van der Waals surface area contributed by atoms with Gasteiger partial charge in [0.2, 0.25) is 0 Å². The fourth-order valence-electron chi connectivity index (χ4n) is 3.79. The molecule has 3 aromatic heterocycles. The monoisotopic (exact) mass is 444 g/mol. The predicted molar refractivity (Wildman–Crippen MR) is 129 cm³/mol. The maximum Gasteiger partial charge on any atom is 0.257 e. The number of thiazole rings is 1. The number of likely N-dealkylation sites (N-methyl/N-ethyl adjacent to an activating group) is 1. The number of fused-ring (bicyclic) bond motifs is 1. The van der Waals surface area contributed by atoms with Gasteiger partial charge in [0.25, 0.3) is 5.91 Å². The number of aromatic nitrogens is 3. The van der Waals surface area contributed by atoms with Gasteiger partial charge in [-0.25, -0.2) is 15.0 Å². The highest BCUT2D eigenvalue weighted by Gasteiger charge is 2.17. The van der Waals surface area contributed by atoms with E-state index in [9.17, 15) is 4.79 Å². The second-order valence-electron chi connectivity index (χ2n) is 8.05. The zero-order valence-corrected chi connectivity index (χ0v) is 18.9. The van der Waals surface area contributed by atoms with Crippen molar-refractivity contribution in [2.24, 2.45) is 0 Å². The minimum Gasteiger partial charge on any atom is -0.354 e. The molecular weight excluding hydrogens is 420 g/mol. The smallest absolute Gasteiger partial charge is 0.257 e. The molecule has 7 nitrogen and oxygen atoms in total. The Morgan fingerprint density at radius 1 is 0.969 bits per heavy atom. The van der Waals surface area contributed by atoms with Crippen LogP contribution in [-0.4, -0.2) is 59.0 Å². The largest absolute Gasteiger partial charge is 0.354 e. The number of nitrogens with zero attached hydrogens (tertiary/aromatic N) is 5. The van der Waals surface area contributed by atoms with E-state index in [1.165, 1.54) is 4.88 Å². The van der Waals surface area contributed by atoms with Gasteiger partial charge >= 0.3 is 0 Å². The van der Waals surface area contributed by atoms with Crippen LogP contribution >= 0.6 is 11.3 Å². The number of nitrogens with one attached hydrogen (secondary N) is 1. The molecule has 1 N–H and O–H groups in total. The third-order valence-electron chi connectivity index (χ3n) is 5.67. The molecule has 0 radical (unpaired) electrons. The maximum atomic E-state index is 12.9. The predicted octanol–water partition coefficient (Wildman–Crippen LogP) is 4.07. The molecule has 0 saturated carbocycles. The molecule has 0 aliphatic carbocycles. The Balaban J connectivity index is 1.36. The van der Waals surface area contributed by atoms with Crippen molar-refractivity contribution in [3.05, 3.63) is 65.4 Å². The van der Waals surface area contributed by atoms with Crippen molar-refractivity contribution in [3.63, 3.8) is 0 Å². The first-order valence-electron chi connectivity index (χ1n) is 10.6. The van der Waals surface area contributed by atoms with Crippen molar-refractivity contribution >= 4 is 39.7 Å². The van der Waals surface area contributed by atoms with Crippen LogP contribution in [0.3, 0.4) is 0 Å². The topological polar surface area (TPSA) is 74.2 Å². The summed E-state index contributed by atoms with van der Waals surface area (Å²) in [6.45, 7) is 5.83. The van der Waals surface area contributed by atoms with E-state index in [1.54, 1.807) is 29.8 Å².